The summed E-state index contributed by atoms with van der Waals surface area (Å²) in [6.45, 7) is 4.62. The lowest BCUT2D eigenvalue weighted by molar-refractivity contribution is 0.0963. The van der Waals surface area contributed by atoms with E-state index in [0.717, 1.165) is 38.4 Å². The summed E-state index contributed by atoms with van der Waals surface area (Å²) >= 11 is 0. The Morgan fingerprint density at radius 1 is 1.25 bits per heavy atom. The zero-order chi connectivity index (χ0) is 19.1. The molecule has 1 saturated heterocycles. The van der Waals surface area contributed by atoms with Gasteiger partial charge in [0.25, 0.3) is 0 Å². The number of hydrogen-bond acceptors (Lipinski definition) is 3. The number of likely N-dealkylation sites (tertiary alicyclic amines) is 1. The predicted molar refractivity (Wildman–Crippen MR) is 124 cm³/mol. The second-order valence-electron chi connectivity index (χ2n) is 7.35. The van der Waals surface area contributed by atoms with E-state index in [1.807, 2.05) is 14.0 Å². The molecule has 1 aromatic rings. The van der Waals surface area contributed by atoms with Gasteiger partial charge in [0, 0.05) is 38.6 Å². The number of carbonyl (C=O) groups excluding carboxylic acids is 1. The molecule has 1 aliphatic carbocycles. The molecule has 1 unspecified atom stereocenters. The molecule has 6 nitrogen and oxygen atoms in total. The number of benzene rings is 1. The molecule has 7 heteroatoms. The molecular weight excluding hydrogens is 467 g/mol. The summed E-state index contributed by atoms with van der Waals surface area (Å²) in [5.74, 6) is 1.40. The van der Waals surface area contributed by atoms with Crippen LogP contribution in [-0.2, 0) is 11.2 Å². The monoisotopic (exact) mass is 500 g/mol. The average Bonchev–Trinajstić information content (AvgIpc) is 2.71. The molecule has 0 radical (unpaired) electrons. The molecule has 156 valence electrons. The maximum Gasteiger partial charge on any atom is 0.409 e. The van der Waals surface area contributed by atoms with Crippen LogP contribution in [0.5, 0.6) is 0 Å². The quantitative estimate of drug-likeness (QED) is 0.378. The van der Waals surface area contributed by atoms with E-state index in [4.69, 9.17) is 4.74 Å². The van der Waals surface area contributed by atoms with Crippen molar-refractivity contribution >= 4 is 36.0 Å². The van der Waals surface area contributed by atoms with Gasteiger partial charge >= 0.3 is 6.09 Å². The summed E-state index contributed by atoms with van der Waals surface area (Å²) in [5.41, 5.74) is 2.97. The number of amides is 1. The summed E-state index contributed by atoms with van der Waals surface area (Å²) in [5, 5.41) is 7.04. The fraction of sp³-hybridized carbons (Fsp3) is 0.619. The van der Waals surface area contributed by atoms with Crippen LogP contribution >= 0.6 is 24.0 Å². The zero-order valence-corrected chi connectivity index (χ0v) is 19.3. The van der Waals surface area contributed by atoms with Crippen LogP contribution in [0.2, 0.25) is 0 Å². The molecule has 1 atom stereocenters. The van der Waals surface area contributed by atoms with Crippen molar-refractivity contribution in [2.24, 2.45) is 4.99 Å². The Balaban J connectivity index is 0.00000280. The molecule has 28 heavy (non-hydrogen) atoms. The largest absolute Gasteiger partial charge is 0.450 e. The first-order valence-corrected chi connectivity index (χ1v) is 10.2. The van der Waals surface area contributed by atoms with E-state index in [1.54, 1.807) is 4.90 Å². The summed E-state index contributed by atoms with van der Waals surface area (Å²) < 4.78 is 5.08. The number of hydrogen-bond donors (Lipinski definition) is 2. The molecule has 0 saturated carbocycles. The highest BCUT2D eigenvalue weighted by Crippen LogP contribution is 2.30. The van der Waals surface area contributed by atoms with Gasteiger partial charge in [-0.3, -0.25) is 4.99 Å². The lowest BCUT2D eigenvalue weighted by Crippen LogP contribution is -2.50. The first-order chi connectivity index (χ1) is 13.2. The minimum Gasteiger partial charge on any atom is -0.450 e. The SMILES string of the molecule is CCOC(=O)N1CCC(NC(=NC)NCC2CCCc3ccccc32)CC1.I. The van der Waals surface area contributed by atoms with Crippen molar-refractivity contribution in [1.82, 2.24) is 15.5 Å². The van der Waals surface area contributed by atoms with Crippen molar-refractivity contribution in [1.29, 1.82) is 0 Å². The number of aliphatic imine (C=N–C) groups is 1. The van der Waals surface area contributed by atoms with Crippen LogP contribution < -0.4 is 10.6 Å². The second kappa shape index (κ2) is 11.5. The molecule has 0 aromatic heterocycles. The topological polar surface area (TPSA) is 66.0 Å². The second-order valence-corrected chi connectivity index (χ2v) is 7.35. The molecule has 1 aromatic carbocycles. The van der Waals surface area contributed by atoms with Gasteiger partial charge in [0.15, 0.2) is 5.96 Å². The first-order valence-electron chi connectivity index (χ1n) is 10.2. The van der Waals surface area contributed by atoms with Crippen LogP contribution in [0.25, 0.3) is 0 Å². The van der Waals surface area contributed by atoms with Crippen LogP contribution in [0.1, 0.15) is 49.7 Å². The Morgan fingerprint density at radius 2 is 2.00 bits per heavy atom. The lowest BCUT2D eigenvalue weighted by atomic mass is 9.83. The van der Waals surface area contributed by atoms with Gasteiger partial charge in [0.1, 0.15) is 0 Å². The number of guanidine groups is 1. The van der Waals surface area contributed by atoms with E-state index < -0.39 is 0 Å². The number of rotatable bonds is 4. The van der Waals surface area contributed by atoms with Gasteiger partial charge in [-0.15, -0.1) is 24.0 Å². The fourth-order valence-electron chi connectivity index (χ4n) is 4.10. The van der Waals surface area contributed by atoms with Gasteiger partial charge in [-0.1, -0.05) is 24.3 Å². The third kappa shape index (κ3) is 5.99. The van der Waals surface area contributed by atoms with E-state index in [0.29, 0.717) is 18.6 Å². The third-order valence-electron chi connectivity index (χ3n) is 5.59. The van der Waals surface area contributed by atoms with Crippen LogP contribution in [0.15, 0.2) is 29.3 Å². The van der Waals surface area contributed by atoms with Crippen LogP contribution in [0, 0.1) is 0 Å². The molecular formula is C21H33IN4O2. The average molecular weight is 500 g/mol. The van der Waals surface area contributed by atoms with E-state index in [2.05, 4.69) is 39.9 Å². The molecule has 0 spiro atoms. The summed E-state index contributed by atoms with van der Waals surface area (Å²) in [6.07, 6.45) is 5.28. The minimum atomic E-state index is -0.200. The highest BCUT2D eigenvalue weighted by atomic mass is 127. The predicted octanol–water partition coefficient (Wildman–Crippen LogP) is 3.51. The number of carbonyl (C=O) groups is 1. The lowest BCUT2D eigenvalue weighted by Gasteiger charge is -2.33. The van der Waals surface area contributed by atoms with Gasteiger partial charge in [0.2, 0.25) is 0 Å². The van der Waals surface area contributed by atoms with Crippen molar-refractivity contribution in [2.75, 3.05) is 33.3 Å². The number of aryl methyl sites for hydroxylation is 1. The molecule has 0 bridgehead atoms. The zero-order valence-electron chi connectivity index (χ0n) is 16.9. The Kier molecular flexibility index (Phi) is 9.34. The Morgan fingerprint density at radius 3 is 2.71 bits per heavy atom. The number of piperidine rings is 1. The summed E-state index contributed by atoms with van der Waals surface area (Å²) in [7, 11) is 1.82. The van der Waals surface area contributed by atoms with Gasteiger partial charge in [-0.25, -0.2) is 4.79 Å². The fourth-order valence-corrected chi connectivity index (χ4v) is 4.10. The smallest absolute Gasteiger partial charge is 0.409 e. The normalized spacial score (nSPS) is 20.0. The highest BCUT2D eigenvalue weighted by Gasteiger charge is 2.25. The van der Waals surface area contributed by atoms with Crippen molar-refractivity contribution in [3.05, 3.63) is 35.4 Å². The Hall–Kier alpha value is -1.51. The molecule has 1 amide bonds. The van der Waals surface area contributed by atoms with Gasteiger partial charge < -0.3 is 20.3 Å². The maximum absolute atomic E-state index is 11.8. The van der Waals surface area contributed by atoms with Gasteiger partial charge in [-0.2, -0.15) is 0 Å². The van der Waals surface area contributed by atoms with Crippen molar-refractivity contribution < 1.29 is 9.53 Å². The molecule has 2 aliphatic rings. The van der Waals surface area contributed by atoms with Gasteiger partial charge in [-0.05, 0) is 50.2 Å². The number of fused-ring (bicyclic) bond motifs is 1. The first kappa shape index (κ1) is 22.8. The number of ether oxygens (including phenoxy) is 1. The van der Waals surface area contributed by atoms with Gasteiger partial charge in [0.05, 0.1) is 6.61 Å². The minimum absolute atomic E-state index is 0. The third-order valence-corrected chi connectivity index (χ3v) is 5.59. The Labute approximate surface area is 185 Å². The Bertz CT molecular complexity index is 660. The molecule has 2 N–H and O–H groups in total. The van der Waals surface area contributed by atoms with Crippen molar-refractivity contribution in [2.45, 2.75) is 51.0 Å². The van der Waals surface area contributed by atoms with Crippen LogP contribution in [0.3, 0.4) is 0 Å². The molecule has 3 rings (SSSR count). The standard InChI is InChI=1S/C21H32N4O2.HI/c1-3-27-21(26)25-13-11-18(12-14-25)24-20(22-2)23-15-17-9-6-8-16-7-4-5-10-19(16)17;/h4-5,7,10,17-18H,3,6,8-9,11-15H2,1-2H3,(H2,22,23,24);1H. The van der Waals surface area contributed by atoms with E-state index >= 15 is 0 Å². The number of nitrogens with one attached hydrogen (secondary N) is 2. The van der Waals surface area contributed by atoms with Crippen molar-refractivity contribution in [3.63, 3.8) is 0 Å². The highest BCUT2D eigenvalue weighted by molar-refractivity contribution is 14.0. The summed E-state index contributed by atoms with van der Waals surface area (Å²) in [6, 6.07) is 9.13. The number of halogens is 1. The van der Waals surface area contributed by atoms with Crippen molar-refractivity contribution in [3.8, 4) is 0 Å². The maximum atomic E-state index is 11.8. The summed E-state index contributed by atoms with van der Waals surface area (Å²) in [4.78, 5) is 18.0. The molecule has 1 fully saturated rings. The molecule has 1 heterocycles. The van der Waals surface area contributed by atoms with E-state index in [-0.39, 0.29) is 30.1 Å². The van der Waals surface area contributed by atoms with Crippen LogP contribution in [0.4, 0.5) is 4.79 Å². The van der Waals surface area contributed by atoms with E-state index in [9.17, 15) is 4.79 Å². The number of nitrogens with zero attached hydrogens (tertiary/aromatic N) is 2. The van der Waals surface area contributed by atoms with E-state index in [1.165, 1.54) is 30.4 Å². The van der Waals surface area contributed by atoms with Crippen LogP contribution in [-0.4, -0.2) is 56.3 Å². The molecule has 1 aliphatic heterocycles.